The second-order valence-electron chi connectivity index (χ2n) is 5.69. The summed E-state index contributed by atoms with van der Waals surface area (Å²) < 4.78 is 61.3. The van der Waals surface area contributed by atoms with Crippen LogP contribution in [0.15, 0.2) is 41.4 Å². The first-order valence-electron chi connectivity index (χ1n) is 8.43. The lowest BCUT2D eigenvalue weighted by atomic mass is 10.1. The predicted octanol–water partition coefficient (Wildman–Crippen LogP) is 4.10. The Morgan fingerprint density at radius 3 is 2.45 bits per heavy atom. The van der Waals surface area contributed by atoms with Gasteiger partial charge in [-0.1, -0.05) is 6.07 Å². The molecule has 2 rings (SSSR count). The monoisotopic (exact) mass is 527 g/mol. The molecule has 0 amide bonds. The molecule has 0 aliphatic carbocycles. The molecular formula is C19H22F4IN3O2. The van der Waals surface area contributed by atoms with Crippen LogP contribution in [-0.2, 0) is 13.0 Å². The maximum Gasteiger partial charge on any atom is 0.387 e. The smallest absolute Gasteiger partial charge is 0.387 e. The molecule has 0 radical (unpaired) electrons. The number of nitrogens with one attached hydrogen (secondary N) is 2. The number of aliphatic imine (C=N–C) groups is 1. The summed E-state index contributed by atoms with van der Waals surface area (Å²) in [6.45, 7) is -2.47. The van der Waals surface area contributed by atoms with Gasteiger partial charge in [0.05, 0.1) is 7.11 Å². The molecule has 160 valence electrons. The summed E-state index contributed by atoms with van der Waals surface area (Å²) in [7, 11) is 3.01. The summed E-state index contributed by atoms with van der Waals surface area (Å²) in [5.41, 5.74) is 0.817. The summed E-state index contributed by atoms with van der Waals surface area (Å²) in [5, 5.41) is 5.94. The van der Waals surface area contributed by atoms with Crippen molar-refractivity contribution in [1.82, 2.24) is 10.6 Å². The Kier molecular flexibility index (Phi) is 10.6. The molecule has 0 fully saturated rings. The molecule has 0 saturated heterocycles. The number of halogens is 5. The Labute approximate surface area is 183 Å². The van der Waals surface area contributed by atoms with Crippen molar-refractivity contribution < 1.29 is 27.0 Å². The Balaban J connectivity index is 0.00000420. The van der Waals surface area contributed by atoms with E-state index < -0.39 is 18.2 Å². The summed E-state index contributed by atoms with van der Waals surface area (Å²) in [6.07, 6.45) is 0.311. The Morgan fingerprint density at radius 2 is 1.83 bits per heavy atom. The molecule has 2 aromatic rings. The standard InChI is InChI=1S/C19H21F4N3O2.HI/c1-24-19(25-8-7-12-3-4-14(20)10-16(12)21)26-11-13-9-15(27-2)5-6-17(13)28-18(22)23;/h3-6,9-10,18H,7-8,11H2,1-2H3,(H2,24,25,26);1H. The number of hydrogen-bond acceptors (Lipinski definition) is 3. The normalized spacial score (nSPS) is 11.1. The lowest BCUT2D eigenvalue weighted by Crippen LogP contribution is -2.38. The van der Waals surface area contributed by atoms with E-state index >= 15 is 0 Å². The molecule has 2 N–H and O–H groups in total. The van der Waals surface area contributed by atoms with Crippen molar-refractivity contribution >= 4 is 29.9 Å². The lowest BCUT2D eigenvalue weighted by Gasteiger charge is -2.15. The molecule has 0 spiro atoms. The quantitative estimate of drug-likeness (QED) is 0.235. The van der Waals surface area contributed by atoms with Crippen LogP contribution >= 0.6 is 24.0 Å². The third kappa shape index (κ3) is 7.95. The van der Waals surface area contributed by atoms with Crippen LogP contribution in [0.25, 0.3) is 0 Å². The number of rotatable bonds is 8. The van der Waals surface area contributed by atoms with Crippen LogP contribution in [0.2, 0.25) is 0 Å². The predicted molar refractivity (Wildman–Crippen MR) is 113 cm³/mol. The van der Waals surface area contributed by atoms with Gasteiger partial charge in [0.2, 0.25) is 0 Å². The number of guanidine groups is 1. The van der Waals surface area contributed by atoms with Crippen LogP contribution in [0.1, 0.15) is 11.1 Å². The van der Waals surface area contributed by atoms with Crippen LogP contribution in [0.5, 0.6) is 11.5 Å². The van der Waals surface area contributed by atoms with E-state index in [0.29, 0.717) is 35.8 Å². The van der Waals surface area contributed by atoms with Crippen molar-refractivity contribution in [1.29, 1.82) is 0 Å². The highest BCUT2D eigenvalue weighted by Gasteiger charge is 2.12. The first-order chi connectivity index (χ1) is 13.4. The number of nitrogens with zero attached hydrogens (tertiary/aromatic N) is 1. The summed E-state index contributed by atoms with van der Waals surface area (Å²) in [6, 6.07) is 7.90. The van der Waals surface area contributed by atoms with Gasteiger partial charge in [-0.15, -0.1) is 24.0 Å². The maximum atomic E-state index is 13.6. The number of ether oxygens (including phenoxy) is 2. The van der Waals surface area contributed by atoms with Gasteiger partial charge in [0.25, 0.3) is 0 Å². The fourth-order valence-corrected chi connectivity index (χ4v) is 2.47. The number of benzene rings is 2. The van der Waals surface area contributed by atoms with Crippen molar-refractivity contribution in [2.75, 3.05) is 20.7 Å². The van der Waals surface area contributed by atoms with Gasteiger partial charge in [0.15, 0.2) is 5.96 Å². The van der Waals surface area contributed by atoms with Gasteiger partial charge in [-0.2, -0.15) is 8.78 Å². The van der Waals surface area contributed by atoms with Gasteiger partial charge >= 0.3 is 6.61 Å². The van der Waals surface area contributed by atoms with E-state index in [0.717, 1.165) is 6.07 Å². The molecule has 0 bridgehead atoms. The molecule has 10 heteroatoms. The average molecular weight is 527 g/mol. The van der Waals surface area contributed by atoms with Gasteiger partial charge in [-0.3, -0.25) is 4.99 Å². The van der Waals surface area contributed by atoms with Crippen molar-refractivity contribution in [2.24, 2.45) is 4.99 Å². The summed E-state index contributed by atoms with van der Waals surface area (Å²) >= 11 is 0. The molecule has 0 heterocycles. The van der Waals surface area contributed by atoms with Gasteiger partial charge in [-0.25, -0.2) is 8.78 Å². The fraction of sp³-hybridized carbons (Fsp3) is 0.316. The van der Waals surface area contributed by atoms with Crippen molar-refractivity contribution in [3.05, 3.63) is 59.2 Å². The summed E-state index contributed by atoms with van der Waals surface area (Å²) in [4.78, 5) is 4.02. The van der Waals surface area contributed by atoms with Crippen LogP contribution in [0.4, 0.5) is 17.6 Å². The molecule has 0 saturated carbocycles. The van der Waals surface area contributed by atoms with Gasteiger partial charge < -0.3 is 20.1 Å². The largest absolute Gasteiger partial charge is 0.497 e. The zero-order valence-corrected chi connectivity index (χ0v) is 18.2. The zero-order chi connectivity index (χ0) is 20.5. The molecule has 2 aromatic carbocycles. The van der Waals surface area contributed by atoms with Crippen LogP contribution in [0, 0.1) is 11.6 Å². The molecule has 5 nitrogen and oxygen atoms in total. The molecule has 0 aliphatic heterocycles. The Hall–Kier alpha value is -2.24. The van der Waals surface area contributed by atoms with E-state index in [2.05, 4.69) is 20.4 Å². The van der Waals surface area contributed by atoms with Gasteiger partial charge in [0.1, 0.15) is 23.1 Å². The van der Waals surface area contributed by atoms with Crippen LogP contribution in [-0.4, -0.2) is 33.3 Å². The fourth-order valence-electron chi connectivity index (χ4n) is 2.47. The molecule has 0 unspecified atom stereocenters. The van der Waals surface area contributed by atoms with E-state index in [1.165, 1.54) is 38.4 Å². The minimum atomic E-state index is -2.95. The number of hydrogen-bond donors (Lipinski definition) is 2. The SMILES string of the molecule is CN=C(NCCc1ccc(F)cc1F)NCc1cc(OC)ccc1OC(F)F.I. The van der Waals surface area contributed by atoms with E-state index in [9.17, 15) is 17.6 Å². The van der Waals surface area contributed by atoms with Crippen molar-refractivity contribution in [2.45, 2.75) is 19.6 Å². The zero-order valence-electron chi connectivity index (χ0n) is 15.8. The van der Waals surface area contributed by atoms with E-state index in [4.69, 9.17) is 4.74 Å². The van der Waals surface area contributed by atoms with Gasteiger partial charge in [-0.05, 0) is 36.2 Å². The molecular weight excluding hydrogens is 505 g/mol. The number of alkyl halides is 2. The highest BCUT2D eigenvalue weighted by atomic mass is 127. The summed E-state index contributed by atoms with van der Waals surface area (Å²) in [5.74, 6) is -0.352. The van der Waals surface area contributed by atoms with Crippen LogP contribution < -0.4 is 20.1 Å². The second-order valence-corrected chi connectivity index (χ2v) is 5.69. The third-order valence-electron chi connectivity index (χ3n) is 3.86. The highest BCUT2D eigenvalue weighted by molar-refractivity contribution is 14.0. The highest BCUT2D eigenvalue weighted by Crippen LogP contribution is 2.25. The van der Waals surface area contributed by atoms with E-state index in [-0.39, 0.29) is 36.3 Å². The van der Waals surface area contributed by atoms with E-state index in [1.807, 2.05) is 0 Å². The van der Waals surface area contributed by atoms with Crippen molar-refractivity contribution in [3.8, 4) is 11.5 Å². The second kappa shape index (κ2) is 12.3. The Morgan fingerprint density at radius 1 is 1.07 bits per heavy atom. The molecule has 0 aliphatic rings. The average Bonchev–Trinajstić information content (AvgIpc) is 2.66. The van der Waals surface area contributed by atoms with Gasteiger partial charge in [0, 0.05) is 31.8 Å². The third-order valence-corrected chi connectivity index (χ3v) is 3.86. The first-order valence-corrected chi connectivity index (χ1v) is 8.43. The molecule has 29 heavy (non-hydrogen) atoms. The first kappa shape index (κ1) is 24.8. The lowest BCUT2D eigenvalue weighted by molar-refractivity contribution is -0.0505. The maximum absolute atomic E-state index is 13.6. The minimum Gasteiger partial charge on any atom is -0.497 e. The number of methoxy groups -OCH3 is 1. The van der Waals surface area contributed by atoms with Crippen molar-refractivity contribution in [3.63, 3.8) is 0 Å². The van der Waals surface area contributed by atoms with Crippen LogP contribution in [0.3, 0.4) is 0 Å². The molecule has 0 atom stereocenters. The van der Waals surface area contributed by atoms with E-state index in [1.54, 1.807) is 6.07 Å². The topological polar surface area (TPSA) is 54.9 Å². The Bertz CT molecular complexity index is 822. The molecule has 0 aromatic heterocycles. The minimum absolute atomic E-state index is 0.